The van der Waals surface area contributed by atoms with Gasteiger partial charge in [0.05, 0.1) is 5.69 Å². The average molecular weight is 441 g/mol. The summed E-state index contributed by atoms with van der Waals surface area (Å²) in [6.45, 7) is 5.72. The standard InChI is InChI=1S/C19H20N8OS2/c1-11-9-14(12(2)30-11)15-10-29-19(20-15)21-18(28)13-5-7-26(8-6-13)17-4-3-16-22-24-25-27(16)23-17/h3-4,9-10,13H,5-8H2,1-2H3,(H,20,21,28). The van der Waals surface area contributed by atoms with Crippen LogP contribution in [0.5, 0.6) is 0 Å². The third-order valence-electron chi connectivity index (χ3n) is 5.30. The van der Waals surface area contributed by atoms with Crippen LogP contribution in [0.3, 0.4) is 0 Å². The number of nitrogens with one attached hydrogen (secondary N) is 1. The molecule has 1 N–H and O–H groups in total. The van der Waals surface area contributed by atoms with Crippen molar-refractivity contribution in [2.45, 2.75) is 26.7 Å². The molecule has 154 valence electrons. The lowest BCUT2D eigenvalue weighted by Gasteiger charge is -2.31. The summed E-state index contributed by atoms with van der Waals surface area (Å²) >= 11 is 3.24. The lowest BCUT2D eigenvalue weighted by molar-refractivity contribution is -0.120. The summed E-state index contributed by atoms with van der Waals surface area (Å²) < 4.78 is 1.42. The highest BCUT2D eigenvalue weighted by atomic mass is 32.1. The van der Waals surface area contributed by atoms with Crippen molar-refractivity contribution in [2.24, 2.45) is 5.92 Å². The molecule has 0 aromatic carbocycles. The number of amides is 1. The highest BCUT2D eigenvalue weighted by Crippen LogP contribution is 2.33. The Bertz CT molecular complexity index is 1200. The summed E-state index contributed by atoms with van der Waals surface area (Å²) in [6, 6.07) is 5.91. The van der Waals surface area contributed by atoms with E-state index in [1.807, 2.05) is 17.5 Å². The fourth-order valence-electron chi connectivity index (χ4n) is 3.73. The van der Waals surface area contributed by atoms with E-state index in [9.17, 15) is 4.79 Å². The minimum absolute atomic E-state index is 0.0319. The molecular weight excluding hydrogens is 420 g/mol. The molecule has 1 aliphatic rings. The Morgan fingerprint density at radius 3 is 2.83 bits per heavy atom. The first-order valence-corrected chi connectivity index (χ1v) is 11.4. The van der Waals surface area contributed by atoms with Gasteiger partial charge in [-0.05, 0) is 55.3 Å². The van der Waals surface area contributed by atoms with Gasteiger partial charge in [0.2, 0.25) is 5.91 Å². The third-order valence-corrected chi connectivity index (χ3v) is 7.02. The first kappa shape index (κ1) is 19.1. The highest BCUT2D eigenvalue weighted by Gasteiger charge is 2.26. The fourth-order valence-corrected chi connectivity index (χ4v) is 5.37. The smallest absolute Gasteiger partial charge is 0.229 e. The molecule has 0 bridgehead atoms. The van der Waals surface area contributed by atoms with Gasteiger partial charge in [0.1, 0.15) is 0 Å². The van der Waals surface area contributed by atoms with Gasteiger partial charge in [-0.3, -0.25) is 4.79 Å². The summed E-state index contributed by atoms with van der Waals surface area (Å²) in [5, 5.41) is 21.4. The number of carbonyl (C=O) groups is 1. The second-order valence-electron chi connectivity index (χ2n) is 7.33. The van der Waals surface area contributed by atoms with Crippen LogP contribution in [0.4, 0.5) is 10.9 Å². The summed E-state index contributed by atoms with van der Waals surface area (Å²) in [5.74, 6) is 0.827. The van der Waals surface area contributed by atoms with E-state index in [-0.39, 0.29) is 11.8 Å². The summed E-state index contributed by atoms with van der Waals surface area (Å²) in [7, 11) is 0. The van der Waals surface area contributed by atoms with E-state index in [2.05, 4.69) is 55.7 Å². The maximum atomic E-state index is 12.8. The van der Waals surface area contributed by atoms with Crippen LogP contribution in [-0.4, -0.2) is 49.2 Å². The molecule has 1 amide bonds. The SMILES string of the molecule is Cc1cc(-c2csc(NC(=O)C3CCN(c4ccc5nnnn5n4)CC3)n2)c(C)s1. The fraction of sp³-hybridized carbons (Fsp3) is 0.368. The third kappa shape index (κ3) is 3.65. The van der Waals surface area contributed by atoms with Crippen molar-refractivity contribution in [1.29, 1.82) is 0 Å². The monoisotopic (exact) mass is 440 g/mol. The predicted octanol–water partition coefficient (Wildman–Crippen LogP) is 3.18. The molecule has 9 nitrogen and oxygen atoms in total. The number of piperidine rings is 1. The van der Waals surface area contributed by atoms with E-state index in [1.54, 1.807) is 11.3 Å². The molecule has 4 aromatic heterocycles. The van der Waals surface area contributed by atoms with Crippen molar-refractivity contribution in [1.82, 2.24) is 30.2 Å². The Hall–Kier alpha value is -2.92. The predicted molar refractivity (Wildman–Crippen MR) is 117 cm³/mol. The van der Waals surface area contributed by atoms with Gasteiger partial charge in [0.15, 0.2) is 16.6 Å². The van der Waals surface area contributed by atoms with E-state index in [1.165, 1.54) is 25.7 Å². The number of carbonyl (C=O) groups excluding carboxylic acids is 1. The molecule has 0 spiro atoms. The number of hydrogen-bond acceptors (Lipinski definition) is 9. The molecule has 1 aliphatic heterocycles. The number of aromatic nitrogens is 6. The van der Waals surface area contributed by atoms with Gasteiger partial charge in [0.25, 0.3) is 0 Å². The zero-order chi connectivity index (χ0) is 20.7. The zero-order valence-electron chi connectivity index (χ0n) is 16.6. The van der Waals surface area contributed by atoms with Crippen LogP contribution in [0, 0.1) is 19.8 Å². The van der Waals surface area contributed by atoms with Gasteiger partial charge in [0, 0.05) is 39.7 Å². The number of anilines is 2. The topological polar surface area (TPSA) is 101 Å². The normalized spacial score (nSPS) is 15.1. The van der Waals surface area contributed by atoms with Gasteiger partial charge in [-0.25, -0.2) is 4.98 Å². The van der Waals surface area contributed by atoms with Crippen LogP contribution in [0.2, 0.25) is 0 Å². The van der Waals surface area contributed by atoms with Gasteiger partial charge in [-0.1, -0.05) is 0 Å². The number of thiophene rings is 1. The lowest BCUT2D eigenvalue weighted by Crippen LogP contribution is -2.38. The Kier molecular flexibility index (Phi) is 4.91. The molecule has 1 fully saturated rings. The minimum Gasteiger partial charge on any atom is -0.355 e. The number of hydrogen-bond donors (Lipinski definition) is 1. The van der Waals surface area contributed by atoms with Crippen molar-refractivity contribution in [3.8, 4) is 11.3 Å². The molecule has 5 heterocycles. The average Bonchev–Trinajstić information content (AvgIpc) is 3.47. The largest absolute Gasteiger partial charge is 0.355 e. The molecule has 5 rings (SSSR count). The Balaban J connectivity index is 1.20. The Morgan fingerprint density at radius 2 is 2.07 bits per heavy atom. The highest BCUT2D eigenvalue weighted by molar-refractivity contribution is 7.14. The van der Waals surface area contributed by atoms with Gasteiger partial charge < -0.3 is 10.2 Å². The zero-order valence-corrected chi connectivity index (χ0v) is 18.2. The van der Waals surface area contributed by atoms with Crippen LogP contribution >= 0.6 is 22.7 Å². The van der Waals surface area contributed by atoms with Crippen LogP contribution in [0.1, 0.15) is 22.6 Å². The number of rotatable bonds is 4. The lowest BCUT2D eigenvalue weighted by atomic mass is 9.96. The molecule has 1 saturated heterocycles. The second-order valence-corrected chi connectivity index (χ2v) is 9.65. The van der Waals surface area contributed by atoms with Crippen LogP contribution < -0.4 is 10.2 Å². The van der Waals surface area contributed by atoms with Crippen molar-refractivity contribution in [3.63, 3.8) is 0 Å². The maximum absolute atomic E-state index is 12.8. The molecule has 11 heteroatoms. The van der Waals surface area contributed by atoms with Crippen LogP contribution in [-0.2, 0) is 4.79 Å². The van der Waals surface area contributed by atoms with Crippen molar-refractivity contribution < 1.29 is 4.79 Å². The molecule has 0 atom stereocenters. The first-order chi connectivity index (χ1) is 14.6. The number of thiazole rings is 1. The van der Waals surface area contributed by atoms with Gasteiger partial charge in [-0.15, -0.1) is 37.5 Å². The minimum atomic E-state index is -0.0319. The maximum Gasteiger partial charge on any atom is 0.229 e. The molecule has 0 saturated carbocycles. The van der Waals surface area contributed by atoms with E-state index in [4.69, 9.17) is 0 Å². The molecule has 4 aromatic rings. The van der Waals surface area contributed by atoms with Crippen LogP contribution in [0.25, 0.3) is 16.9 Å². The van der Waals surface area contributed by atoms with E-state index in [0.29, 0.717) is 10.8 Å². The number of fused-ring (bicyclic) bond motifs is 1. The molecule has 0 unspecified atom stereocenters. The number of aryl methyl sites for hydroxylation is 2. The molecule has 30 heavy (non-hydrogen) atoms. The van der Waals surface area contributed by atoms with Crippen molar-refractivity contribution in [2.75, 3.05) is 23.3 Å². The van der Waals surface area contributed by atoms with Crippen LogP contribution in [0.15, 0.2) is 23.6 Å². The number of tetrazole rings is 1. The Labute approximate surface area is 180 Å². The van der Waals surface area contributed by atoms with Crippen molar-refractivity contribution >= 4 is 45.2 Å². The van der Waals surface area contributed by atoms with E-state index < -0.39 is 0 Å². The second kappa shape index (κ2) is 7.73. The first-order valence-electron chi connectivity index (χ1n) is 9.71. The quantitative estimate of drug-likeness (QED) is 0.520. The summed E-state index contributed by atoms with van der Waals surface area (Å²) in [6.07, 6.45) is 1.53. The van der Waals surface area contributed by atoms with Gasteiger partial charge in [-0.2, -0.15) is 0 Å². The summed E-state index contributed by atoms with van der Waals surface area (Å²) in [5.41, 5.74) is 2.69. The van der Waals surface area contributed by atoms with E-state index in [0.717, 1.165) is 43.0 Å². The summed E-state index contributed by atoms with van der Waals surface area (Å²) in [4.78, 5) is 22.1. The Morgan fingerprint density at radius 1 is 1.23 bits per heavy atom. The molecular formula is C19H20N8OS2. The van der Waals surface area contributed by atoms with Crippen molar-refractivity contribution in [3.05, 3.63) is 33.3 Å². The van der Waals surface area contributed by atoms with Gasteiger partial charge >= 0.3 is 0 Å². The van der Waals surface area contributed by atoms with E-state index >= 15 is 0 Å². The number of nitrogens with zero attached hydrogens (tertiary/aromatic N) is 7. The molecule has 0 radical (unpaired) electrons. The molecule has 0 aliphatic carbocycles.